The first-order chi connectivity index (χ1) is 11.1. The summed E-state index contributed by atoms with van der Waals surface area (Å²) in [7, 11) is 1.72. The second kappa shape index (κ2) is 10.7. The minimum absolute atomic E-state index is 0.0435. The van der Waals surface area contributed by atoms with Gasteiger partial charge in [0.2, 0.25) is 5.91 Å². The van der Waals surface area contributed by atoms with Gasteiger partial charge in [0.05, 0.1) is 6.61 Å². The number of rotatable bonds is 6. The Morgan fingerprint density at radius 1 is 1.04 bits per heavy atom. The highest BCUT2D eigenvalue weighted by atomic mass is 16.6. The monoisotopic (exact) mass is 327 g/mol. The van der Waals surface area contributed by atoms with Gasteiger partial charge >= 0.3 is 6.09 Å². The van der Waals surface area contributed by atoms with Crippen LogP contribution in [-0.4, -0.2) is 80.7 Å². The van der Waals surface area contributed by atoms with Gasteiger partial charge in [-0.15, -0.1) is 0 Å². The molecule has 0 aliphatic carbocycles. The van der Waals surface area contributed by atoms with Crippen LogP contribution in [0, 0.1) is 0 Å². The van der Waals surface area contributed by atoms with E-state index >= 15 is 0 Å². The number of guanidine groups is 1. The van der Waals surface area contributed by atoms with Gasteiger partial charge in [-0.25, -0.2) is 4.79 Å². The summed E-state index contributed by atoms with van der Waals surface area (Å²) < 4.78 is 5.01. The molecule has 0 spiro atoms. The fourth-order valence-corrected chi connectivity index (χ4v) is 2.29. The van der Waals surface area contributed by atoms with Crippen LogP contribution in [0.4, 0.5) is 4.79 Å². The quantitative estimate of drug-likeness (QED) is 0.539. The van der Waals surface area contributed by atoms with E-state index in [1.54, 1.807) is 18.9 Å². The Hall–Kier alpha value is -1.99. The van der Waals surface area contributed by atoms with Crippen LogP contribution < -0.4 is 10.6 Å². The Labute approximate surface area is 138 Å². The molecule has 0 aromatic heterocycles. The topological polar surface area (TPSA) is 86.3 Å². The average molecular weight is 327 g/mol. The van der Waals surface area contributed by atoms with Crippen molar-refractivity contribution in [1.29, 1.82) is 0 Å². The van der Waals surface area contributed by atoms with E-state index in [1.165, 1.54) is 0 Å². The molecule has 0 saturated carbocycles. The van der Waals surface area contributed by atoms with Gasteiger partial charge in [-0.3, -0.25) is 9.79 Å². The van der Waals surface area contributed by atoms with Gasteiger partial charge in [-0.05, 0) is 13.3 Å². The first kappa shape index (κ1) is 19.1. The lowest BCUT2D eigenvalue weighted by atomic mass is 10.3. The number of aliphatic imine (C=N–C) groups is 1. The van der Waals surface area contributed by atoms with E-state index in [9.17, 15) is 9.59 Å². The molecule has 8 nitrogen and oxygen atoms in total. The predicted octanol–water partition coefficient (Wildman–Crippen LogP) is 0.252. The molecule has 1 fully saturated rings. The van der Waals surface area contributed by atoms with Crippen LogP contribution in [0.3, 0.4) is 0 Å². The summed E-state index contributed by atoms with van der Waals surface area (Å²) in [6, 6.07) is 0. The second-order valence-corrected chi connectivity index (χ2v) is 5.25. The number of nitrogens with one attached hydrogen (secondary N) is 2. The standard InChI is InChI=1S/C15H29N5O3/c1-4-7-17-13(21)6-8-18-14(16-3)19-9-11-20(12-10-19)15(22)23-5-2/h4-12H2,1-3H3,(H,16,18)(H,17,21). The van der Waals surface area contributed by atoms with E-state index in [4.69, 9.17) is 4.74 Å². The van der Waals surface area contributed by atoms with E-state index in [0.29, 0.717) is 52.3 Å². The van der Waals surface area contributed by atoms with Crippen molar-refractivity contribution in [3.63, 3.8) is 0 Å². The lowest BCUT2D eigenvalue weighted by molar-refractivity contribution is -0.120. The van der Waals surface area contributed by atoms with Crippen LogP contribution >= 0.6 is 0 Å². The zero-order valence-corrected chi connectivity index (χ0v) is 14.4. The third-order valence-corrected chi connectivity index (χ3v) is 3.52. The summed E-state index contributed by atoms with van der Waals surface area (Å²) in [6.07, 6.45) is 1.09. The van der Waals surface area contributed by atoms with Crippen LogP contribution in [0.25, 0.3) is 0 Å². The van der Waals surface area contributed by atoms with Gasteiger partial charge in [0, 0.05) is 52.7 Å². The number of hydrogen-bond acceptors (Lipinski definition) is 4. The highest BCUT2D eigenvalue weighted by molar-refractivity contribution is 5.81. The fourth-order valence-electron chi connectivity index (χ4n) is 2.29. The van der Waals surface area contributed by atoms with Crippen LogP contribution in [0.1, 0.15) is 26.7 Å². The molecule has 132 valence electrons. The van der Waals surface area contributed by atoms with Crippen LogP contribution in [0.15, 0.2) is 4.99 Å². The average Bonchev–Trinajstić information content (AvgIpc) is 2.57. The number of ether oxygens (including phenoxy) is 1. The van der Waals surface area contributed by atoms with Crippen molar-refractivity contribution < 1.29 is 14.3 Å². The summed E-state index contributed by atoms with van der Waals surface area (Å²) >= 11 is 0. The number of piperazine rings is 1. The van der Waals surface area contributed by atoms with Gasteiger partial charge in [-0.1, -0.05) is 6.92 Å². The minimum Gasteiger partial charge on any atom is -0.450 e. The third kappa shape index (κ3) is 6.75. The Kier molecular flexibility index (Phi) is 8.86. The molecule has 0 unspecified atom stereocenters. The van der Waals surface area contributed by atoms with Gasteiger partial charge in [0.25, 0.3) is 0 Å². The summed E-state index contributed by atoms with van der Waals surface area (Å²) in [5.41, 5.74) is 0. The van der Waals surface area contributed by atoms with Gasteiger partial charge in [0.1, 0.15) is 0 Å². The van der Waals surface area contributed by atoms with Gasteiger partial charge in [-0.2, -0.15) is 0 Å². The van der Waals surface area contributed by atoms with Gasteiger partial charge < -0.3 is 25.2 Å². The molecule has 1 heterocycles. The molecule has 1 aliphatic rings. The van der Waals surface area contributed by atoms with Crippen LogP contribution in [0.5, 0.6) is 0 Å². The first-order valence-corrected chi connectivity index (χ1v) is 8.26. The van der Waals surface area contributed by atoms with Crippen molar-refractivity contribution in [1.82, 2.24) is 20.4 Å². The molecule has 1 saturated heterocycles. The van der Waals surface area contributed by atoms with E-state index in [2.05, 4.69) is 20.5 Å². The number of hydrogen-bond donors (Lipinski definition) is 2. The Balaban J connectivity index is 2.31. The number of carbonyl (C=O) groups excluding carboxylic acids is 2. The smallest absolute Gasteiger partial charge is 0.409 e. The zero-order chi connectivity index (χ0) is 17.1. The van der Waals surface area contributed by atoms with Gasteiger partial charge in [0.15, 0.2) is 5.96 Å². The lowest BCUT2D eigenvalue weighted by Crippen LogP contribution is -2.54. The van der Waals surface area contributed by atoms with Crippen molar-refractivity contribution in [2.24, 2.45) is 4.99 Å². The Bertz CT molecular complexity index is 406. The zero-order valence-electron chi connectivity index (χ0n) is 14.4. The van der Waals surface area contributed by atoms with Crippen molar-refractivity contribution in [2.45, 2.75) is 26.7 Å². The Morgan fingerprint density at radius 2 is 1.70 bits per heavy atom. The van der Waals surface area contributed by atoms with Crippen molar-refractivity contribution >= 4 is 18.0 Å². The maximum absolute atomic E-state index is 11.7. The molecular formula is C15H29N5O3. The molecule has 0 aromatic rings. The molecule has 0 radical (unpaired) electrons. The summed E-state index contributed by atoms with van der Waals surface area (Å²) in [6.45, 7) is 8.08. The highest BCUT2D eigenvalue weighted by Gasteiger charge is 2.23. The molecule has 2 N–H and O–H groups in total. The van der Waals surface area contributed by atoms with Crippen molar-refractivity contribution in [3.05, 3.63) is 0 Å². The summed E-state index contributed by atoms with van der Waals surface area (Å²) in [5, 5.41) is 6.04. The molecule has 0 atom stereocenters. The molecular weight excluding hydrogens is 298 g/mol. The van der Waals surface area contributed by atoms with Crippen LogP contribution in [0.2, 0.25) is 0 Å². The van der Waals surface area contributed by atoms with Crippen molar-refractivity contribution in [2.75, 3.05) is 52.9 Å². The third-order valence-electron chi connectivity index (χ3n) is 3.52. The van der Waals surface area contributed by atoms with E-state index < -0.39 is 0 Å². The molecule has 0 bridgehead atoms. The molecule has 23 heavy (non-hydrogen) atoms. The normalized spacial score (nSPS) is 15.3. The lowest BCUT2D eigenvalue weighted by Gasteiger charge is -2.35. The Morgan fingerprint density at radius 3 is 2.26 bits per heavy atom. The fraction of sp³-hybridized carbons (Fsp3) is 0.800. The maximum atomic E-state index is 11.7. The molecule has 1 rings (SSSR count). The van der Waals surface area contributed by atoms with Crippen LogP contribution in [-0.2, 0) is 9.53 Å². The highest BCUT2D eigenvalue weighted by Crippen LogP contribution is 2.04. The minimum atomic E-state index is -0.261. The maximum Gasteiger partial charge on any atom is 0.409 e. The summed E-state index contributed by atoms with van der Waals surface area (Å²) in [5.74, 6) is 0.804. The largest absolute Gasteiger partial charge is 0.450 e. The number of carbonyl (C=O) groups is 2. The van der Waals surface area contributed by atoms with E-state index in [0.717, 1.165) is 12.4 Å². The second-order valence-electron chi connectivity index (χ2n) is 5.25. The number of amides is 2. The SMILES string of the molecule is CCCNC(=O)CCNC(=NC)N1CCN(C(=O)OCC)CC1. The molecule has 1 aliphatic heterocycles. The van der Waals surface area contributed by atoms with E-state index in [-0.39, 0.29) is 12.0 Å². The van der Waals surface area contributed by atoms with Crippen molar-refractivity contribution in [3.8, 4) is 0 Å². The molecule has 0 aromatic carbocycles. The molecule has 8 heteroatoms. The first-order valence-electron chi connectivity index (χ1n) is 8.26. The van der Waals surface area contributed by atoms with E-state index in [1.807, 2.05) is 6.92 Å². The summed E-state index contributed by atoms with van der Waals surface area (Å²) in [4.78, 5) is 31.3. The number of nitrogens with zero attached hydrogens (tertiary/aromatic N) is 3. The predicted molar refractivity (Wildman–Crippen MR) is 89.4 cm³/mol. The molecule has 2 amide bonds.